The van der Waals surface area contributed by atoms with Crippen LogP contribution in [-0.2, 0) is 21.7 Å². The van der Waals surface area contributed by atoms with Crippen LogP contribution in [0.25, 0.3) is 0 Å². The average Bonchev–Trinajstić information content (AvgIpc) is 2.72. The topological polar surface area (TPSA) is 123 Å². The number of hydrogen-bond acceptors (Lipinski definition) is 7. The minimum Gasteiger partial charge on any atom is -0.388 e. The number of nitrogens with zero attached hydrogens (tertiary/aromatic N) is 1. The van der Waals surface area contributed by atoms with Gasteiger partial charge in [-0.15, -0.1) is 0 Å². The van der Waals surface area contributed by atoms with Crippen LogP contribution in [-0.4, -0.2) is 58.1 Å². The molecular weight excluding hydrogens is 398 g/mol. The zero-order valence-electron chi connectivity index (χ0n) is 16.4. The van der Waals surface area contributed by atoms with Gasteiger partial charge in [-0.3, -0.25) is 0 Å². The molecule has 1 aliphatic heterocycles. The first-order chi connectivity index (χ1) is 13.8. The fraction of sp³-hybridized carbons (Fsp3) is 0.667. The van der Waals surface area contributed by atoms with Crippen LogP contribution in [0.1, 0.15) is 43.2 Å². The van der Waals surface area contributed by atoms with E-state index in [9.17, 15) is 20.4 Å². The molecule has 4 N–H and O–H groups in total. The van der Waals surface area contributed by atoms with Gasteiger partial charge in [0.15, 0.2) is 0 Å². The lowest BCUT2D eigenvalue weighted by molar-refractivity contribution is -0.353. The lowest BCUT2D eigenvalue weighted by atomic mass is 9.82. The van der Waals surface area contributed by atoms with Crippen LogP contribution >= 0.6 is 11.6 Å². The van der Waals surface area contributed by atoms with Crippen molar-refractivity contribution in [2.24, 2.45) is 5.92 Å². The lowest BCUT2D eigenvalue weighted by Crippen LogP contribution is -2.62. The number of nitriles is 1. The van der Waals surface area contributed by atoms with Crippen molar-refractivity contribution in [3.05, 3.63) is 34.3 Å². The monoisotopic (exact) mass is 425 g/mol. The third-order valence-corrected chi connectivity index (χ3v) is 6.54. The molecule has 160 valence electrons. The number of ether oxygens (including phenoxy) is 2. The maximum atomic E-state index is 11.1. The molecule has 5 atom stereocenters. The standard InChI is InChI=1S/C21H28ClNO6/c1-28-15-5-2-12(3-6-15)10-13-11-14(4-7-16(13)22)21(27)20(26)19(25)18(24)17(29-21)8-9-23/h4,7,11-12,15,17-20,24-27H,2-3,5-6,8,10H2,1H3/t12?,15?,17-,18-,19+,20-,21+/m1/s1. The number of halogens is 1. The molecule has 0 amide bonds. The largest absolute Gasteiger partial charge is 0.388 e. The number of methoxy groups -OCH3 is 1. The molecule has 0 unspecified atom stereocenters. The van der Waals surface area contributed by atoms with Crippen LogP contribution < -0.4 is 0 Å². The summed E-state index contributed by atoms with van der Waals surface area (Å²) < 4.78 is 10.9. The smallest absolute Gasteiger partial charge is 0.222 e. The minimum atomic E-state index is -2.26. The average molecular weight is 426 g/mol. The van der Waals surface area contributed by atoms with Gasteiger partial charge in [-0.2, -0.15) is 5.26 Å². The molecule has 0 spiro atoms. The first-order valence-electron chi connectivity index (χ1n) is 9.93. The fourth-order valence-corrected chi connectivity index (χ4v) is 4.53. The van der Waals surface area contributed by atoms with E-state index < -0.39 is 30.2 Å². The molecule has 1 aromatic carbocycles. The van der Waals surface area contributed by atoms with Crippen LogP contribution in [0.2, 0.25) is 5.02 Å². The van der Waals surface area contributed by atoms with E-state index in [2.05, 4.69) is 0 Å². The summed E-state index contributed by atoms with van der Waals surface area (Å²) in [6.45, 7) is 0. The van der Waals surface area contributed by atoms with E-state index >= 15 is 0 Å². The summed E-state index contributed by atoms with van der Waals surface area (Å²) >= 11 is 6.38. The molecule has 7 nitrogen and oxygen atoms in total. The van der Waals surface area contributed by atoms with Gasteiger partial charge in [0.05, 0.1) is 18.6 Å². The Labute approximate surface area is 175 Å². The molecule has 8 heteroatoms. The van der Waals surface area contributed by atoms with Crippen LogP contribution in [0.15, 0.2) is 18.2 Å². The van der Waals surface area contributed by atoms with Crippen molar-refractivity contribution in [1.82, 2.24) is 0 Å². The summed E-state index contributed by atoms with van der Waals surface area (Å²) in [4.78, 5) is 0. The molecule has 1 saturated carbocycles. The van der Waals surface area contributed by atoms with Crippen molar-refractivity contribution in [2.75, 3.05) is 7.11 Å². The third kappa shape index (κ3) is 4.59. The van der Waals surface area contributed by atoms with Gasteiger partial charge in [-0.25, -0.2) is 0 Å². The summed E-state index contributed by atoms with van der Waals surface area (Å²) in [5.74, 6) is -1.83. The normalized spacial score (nSPS) is 37.8. The highest BCUT2D eigenvalue weighted by atomic mass is 35.5. The van der Waals surface area contributed by atoms with E-state index in [1.54, 1.807) is 19.2 Å². The van der Waals surface area contributed by atoms with Gasteiger partial charge in [-0.05, 0) is 55.7 Å². The summed E-state index contributed by atoms with van der Waals surface area (Å²) in [6, 6.07) is 6.67. The van der Waals surface area contributed by atoms with Crippen molar-refractivity contribution in [1.29, 1.82) is 5.26 Å². The van der Waals surface area contributed by atoms with E-state index in [1.165, 1.54) is 6.07 Å². The Morgan fingerprint density at radius 1 is 1.21 bits per heavy atom. The van der Waals surface area contributed by atoms with E-state index in [-0.39, 0.29) is 12.0 Å². The highest BCUT2D eigenvalue weighted by Gasteiger charge is 2.53. The lowest BCUT2D eigenvalue weighted by Gasteiger charge is -2.45. The second kappa shape index (κ2) is 9.27. The maximum Gasteiger partial charge on any atom is 0.222 e. The van der Waals surface area contributed by atoms with Gasteiger partial charge in [0.2, 0.25) is 5.79 Å². The molecule has 2 fully saturated rings. The molecule has 0 radical (unpaired) electrons. The summed E-state index contributed by atoms with van der Waals surface area (Å²) in [5.41, 5.74) is 1.04. The van der Waals surface area contributed by atoms with E-state index in [4.69, 9.17) is 26.3 Å². The maximum absolute atomic E-state index is 11.1. The zero-order chi connectivity index (χ0) is 21.2. The molecule has 1 saturated heterocycles. The summed E-state index contributed by atoms with van der Waals surface area (Å²) in [7, 11) is 1.73. The molecule has 0 aromatic heterocycles. The van der Waals surface area contributed by atoms with Crippen molar-refractivity contribution in [2.45, 2.75) is 74.8 Å². The molecular formula is C21H28ClNO6. The summed E-state index contributed by atoms with van der Waals surface area (Å²) in [6.07, 6.45) is -1.28. The van der Waals surface area contributed by atoms with Crippen LogP contribution in [0, 0.1) is 17.2 Å². The van der Waals surface area contributed by atoms with E-state index in [0.29, 0.717) is 23.5 Å². The van der Waals surface area contributed by atoms with Crippen molar-refractivity contribution >= 4 is 11.6 Å². The van der Waals surface area contributed by atoms with Crippen molar-refractivity contribution in [3.8, 4) is 6.07 Å². The number of rotatable bonds is 5. The van der Waals surface area contributed by atoms with Crippen molar-refractivity contribution in [3.63, 3.8) is 0 Å². The summed E-state index contributed by atoms with van der Waals surface area (Å²) in [5, 5.41) is 51.2. The van der Waals surface area contributed by atoms with Crippen LogP contribution in [0.5, 0.6) is 0 Å². The van der Waals surface area contributed by atoms with Gasteiger partial charge in [-0.1, -0.05) is 17.7 Å². The van der Waals surface area contributed by atoms with Gasteiger partial charge in [0, 0.05) is 17.7 Å². The van der Waals surface area contributed by atoms with Gasteiger partial charge >= 0.3 is 0 Å². The predicted molar refractivity (Wildman–Crippen MR) is 105 cm³/mol. The molecule has 29 heavy (non-hydrogen) atoms. The Kier molecular flexibility index (Phi) is 7.18. The molecule has 0 bridgehead atoms. The highest BCUT2D eigenvalue weighted by molar-refractivity contribution is 6.31. The Morgan fingerprint density at radius 2 is 1.90 bits per heavy atom. The molecule has 1 aromatic rings. The van der Waals surface area contributed by atoms with Crippen molar-refractivity contribution < 1.29 is 29.9 Å². The Balaban J connectivity index is 1.83. The van der Waals surface area contributed by atoms with E-state index in [0.717, 1.165) is 31.2 Å². The van der Waals surface area contributed by atoms with Gasteiger partial charge < -0.3 is 29.9 Å². The number of hydrogen-bond donors (Lipinski definition) is 4. The Hall–Kier alpha value is -1.24. The predicted octanol–water partition coefficient (Wildman–Crippen LogP) is 1.63. The Morgan fingerprint density at radius 3 is 2.52 bits per heavy atom. The zero-order valence-corrected chi connectivity index (χ0v) is 17.1. The molecule has 2 aliphatic rings. The third-order valence-electron chi connectivity index (χ3n) is 6.17. The van der Waals surface area contributed by atoms with Crippen LogP contribution in [0.3, 0.4) is 0 Å². The number of benzene rings is 1. The SMILES string of the molecule is COC1CCC(Cc2cc([C@]3(O)O[C@H](CC#N)[C@@H](O)[C@H](O)[C@H]3O)ccc2Cl)CC1. The van der Waals surface area contributed by atoms with Gasteiger partial charge in [0.25, 0.3) is 0 Å². The van der Waals surface area contributed by atoms with E-state index in [1.807, 2.05) is 6.07 Å². The molecule has 1 heterocycles. The Bertz CT molecular complexity index is 747. The second-order valence-corrected chi connectivity index (χ2v) is 8.44. The number of aliphatic hydroxyl groups is 4. The molecule has 1 aliphatic carbocycles. The van der Waals surface area contributed by atoms with Crippen LogP contribution in [0.4, 0.5) is 0 Å². The first kappa shape index (κ1) is 22.4. The molecule has 3 rings (SSSR count). The first-order valence-corrected chi connectivity index (χ1v) is 10.3. The quantitative estimate of drug-likeness (QED) is 0.565. The fourth-order valence-electron chi connectivity index (χ4n) is 4.34. The minimum absolute atomic E-state index is 0.226. The number of aliphatic hydroxyl groups excluding tert-OH is 3. The highest BCUT2D eigenvalue weighted by Crippen LogP contribution is 2.39. The van der Waals surface area contributed by atoms with Gasteiger partial charge in [0.1, 0.15) is 24.4 Å². The second-order valence-electron chi connectivity index (χ2n) is 8.03.